The molecule has 1 atom stereocenters. The molecule has 1 unspecified atom stereocenters. The first-order chi connectivity index (χ1) is 9.86. The molecule has 0 aliphatic carbocycles. The standard InChI is InChI=1S/C14H28N2.2C2H6.H2/c1-3-5-8-12-16(4-2)13-10-14-9-6-7-11-15-14;2*1-2;/h3,5,14-15H,4,6-13H2,1-2H3;2*1-2H3;1H. The zero-order chi connectivity index (χ0) is 15.6. The summed E-state index contributed by atoms with van der Waals surface area (Å²) in [7, 11) is 0. The number of rotatable bonds is 7. The van der Waals surface area contributed by atoms with Crippen LogP contribution in [0.4, 0.5) is 0 Å². The Kier molecular flexibility index (Phi) is 20.5. The van der Waals surface area contributed by atoms with Crippen molar-refractivity contribution in [1.29, 1.82) is 0 Å². The second-order valence-corrected chi connectivity index (χ2v) is 4.73. The number of hydrogen-bond donors (Lipinski definition) is 1. The summed E-state index contributed by atoms with van der Waals surface area (Å²) in [6.45, 7) is 17.3. The summed E-state index contributed by atoms with van der Waals surface area (Å²) in [4.78, 5) is 2.57. The van der Waals surface area contributed by atoms with Gasteiger partial charge in [0.15, 0.2) is 0 Å². The van der Waals surface area contributed by atoms with Crippen LogP contribution in [0.2, 0.25) is 0 Å². The molecule has 1 heterocycles. The number of allylic oxidation sites excluding steroid dienone is 1. The van der Waals surface area contributed by atoms with E-state index in [0.29, 0.717) is 0 Å². The number of hydrogen-bond acceptors (Lipinski definition) is 2. The molecular formula is C18H42N2. The van der Waals surface area contributed by atoms with E-state index >= 15 is 0 Å². The van der Waals surface area contributed by atoms with E-state index in [1.807, 2.05) is 27.7 Å². The number of piperidine rings is 1. The molecule has 1 fully saturated rings. The summed E-state index contributed by atoms with van der Waals surface area (Å²) < 4.78 is 0. The molecule has 0 saturated carbocycles. The Labute approximate surface area is 130 Å². The van der Waals surface area contributed by atoms with Gasteiger partial charge in [0.1, 0.15) is 0 Å². The third kappa shape index (κ3) is 12.7. The summed E-state index contributed by atoms with van der Waals surface area (Å²) in [5.41, 5.74) is 0. The normalized spacial score (nSPS) is 18.2. The van der Waals surface area contributed by atoms with Crippen LogP contribution in [-0.2, 0) is 0 Å². The minimum atomic E-state index is 0. The lowest BCUT2D eigenvalue weighted by molar-refractivity contribution is 0.260. The lowest BCUT2D eigenvalue weighted by Crippen LogP contribution is -2.37. The fourth-order valence-electron chi connectivity index (χ4n) is 2.36. The van der Waals surface area contributed by atoms with E-state index in [-0.39, 0.29) is 1.43 Å². The number of nitrogens with zero attached hydrogens (tertiary/aromatic N) is 1. The van der Waals surface area contributed by atoms with Crippen LogP contribution in [-0.4, -0.2) is 37.1 Å². The molecule has 1 N–H and O–H groups in total. The van der Waals surface area contributed by atoms with Crippen molar-refractivity contribution in [3.63, 3.8) is 0 Å². The Bertz CT molecular complexity index is 190. The van der Waals surface area contributed by atoms with Gasteiger partial charge < -0.3 is 10.2 Å². The van der Waals surface area contributed by atoms with E-state index in [1.54, 1.807) is 0 Å². The van der Waals surface area contributed by atoms with Crippen molar-refractivity contribution in [3.8, 4) is 0 Å². The van der Waals surface area contributed by atoms with Crippen molar-refractivity contribution in [2.75, 3.05) is 26.2 Å². The van der Waals surface area contributed by atoms with Gasteiger partial charge in [0.2, 0.25) is 0 Å². The summed E-state index contributed by atoms with van der Waals surface area (Å²) >= 11 is 0. The van der Waals surface area contributed by atoms with E-state index in [9.17, 15) is 0 Å². The molecule has 1 saturated heterocycles. The van der Waals surface area contributed by atoms with Crippen LogP contribution < -0.4 is 5.32 Å². The molecule has 0 amide bonds. The largest absolute Gasteiger partial charge is 0.314 e. The second kappa shape index (κ2) is 18.7. The lowest BCUT2D eigenvalue weighted by Gasteiger charge is -2.27. The van der Waals surface area contributed by atoms with Crippen molar-refractivity contribution >= 4 is 0 Å². The van der Waals surface area contributed by atoms with Crippen molar-refractivity contribution < 1.29 is 1.43 Å². The maximum Gasteiger partial charge on any atom is 0.00792 e. The van der Waals surface area contributed by atoms with Crippen LogP contribution in [0.25, 0.3) is 0 Å². The molecule has 0 bridgehead atoms. The highest BCUT2D eigenvalue weighted by Crippen LogP contribution is 2.10. The average Bonchev–Trinajstić information content (AvgIpc) is 2.55. The Balaban J connectivity index is -0.000000595. The SMILES string of the molecule is CC.CC.CC=CCCN(CC)CCC1CCCCN1.[HH]. The van der Waals surface area contributed by atoms with Gasteiger partial charge in [-0.05, 0) is 52.2 Å². The maximum absolute atomic E-state index is 3.63. The summed E-state index contributed by atoms with van der Waals surface area (Å²) in [6.07, 6.45) is 11.1. The summed E-state index contributed by atoms with van der Waals surface area (Å²) in [5.74, 6) is 0. The first kappa shape index (κ1) is 21.9. The minimum Gasteiger partial charge on any atom is -0.314 e. The summed E-state index contributed by atoms with van der Waals surface area (Å²) in [5, 5.41) is 3.63. The van der Waals surface area contributed by atoms with E-state index in [1.165, 1.54) is 58.3 Å². The van der Waals surface area contributed by atoms with Gasteiger partial charge in [0.25, 0.3) is 0 Å². The quantitative estimate of drug-likeness (QED) is 0.655. The van der Waals surface area contributed by atoms with Gasteiger partial charge in [-0.3, -0.25) is 0 Å². The zero-order valence-electron chi connectivity index (χ0n) is 15.0. The Morgan fingerprint density at radius 1 is 1.15 bits per heavy atom. The van der Waals surface area contributed by atoms with Crippen LogP contribution in [0.5, 0.6) is 0 Å². The Morgan fingerprint density at radius 3 is 2.35 bits per heavy atom. The summed E-state index contributed by atoms with van der Waals surface area (Å²) in [6, 6.07) is 0.782. The molecule has 0 aromatic rings. The molecule has 20 heavy (non-hydrogen) atoms. The van der Waals surface area contributed by atoms with E-state index in [2.05, 4.69) is 36.2 Å². The van der Waals surface area contributed by atoms with Crippen molar-refractivity contribution in [3.05, 3.63) is 12.2 Å². The van der Waals surface area contributed by atoms with Crippen LogP contribution in [0.1, 0.15) is 75.1 Å². The predicted molar refractivity (Wildman–Crippen MR) is 96.6 cm³/mol. The number of nitrogens with one attached hydrogen (secondary N) is 1. The van der Waals surface area contributed by atoms with Crippen LogP contribution >= 0.6 is 0 Å². The fourth-order valence-corrected chi connectivity index (χ4v) is 2.36. The molecule has 0 aromatic heterocycles. The monoisotopic (exact) mass is 286 g/mol. The van der Waals surface area contributed by atoms with Gasteiger partial charge in [0, 0.05) is 14.0 Å². The van der Waals surface area contributed by atoms with Crippen LogP contribution in [0.3, 0.4) is 0 Å². The highest BCUT2D eigenvalue weighted by atomic mass is 15.1. The predicted octanol–water partition coefficient (Wildman–Crippen LogP) is 5.11. The molecule has 1 aliphatic rings. The fraction of sp³-hybridized carbons (Fsp3) is 0.889. The molecule has 124 valence electrons. The van der Waals surface area contributed by atoms with Gasteiger partial charge in [-0.2, -0.15) is 0 Å². The van der Waals surface area contributed by atoms with E-state index < -0.39 is 0 Å². The molecule has 0 aromatic carbocycles. The minimum absolute atomic E-state index is 0. The highest BCUT2D eigenvalue weighted by molar-refractivity contribution is 4.79. The Hall–Kier alpha value is -0.340. The highest BCUT2D eigenvalue weighted by Gasteiger charge is 2.13. The second-order valence-electron chi connectivity index (χ2n) is 4.73. The van der Waals surface area contributed by atoms with Gasteiger partial charge in [-0.1, -0.05) is 53.2 Å². The van der Waals surface area contributed by atoms with E-state index in [4.69, 9.17) is 0 Å². The first-order valence-corrected chi connectivity index (χ1v) is 8.93. The van der Waals surface area contributed by atoms with Crippen LogP contribution in [0.15, 0.2) is 12.2 Å². The third-order valence-corrected chi connectivity index (χ3v) is 3.50. The van der Waals surface area contributed by atoms with Gasteiger partial charge >= 0.3 is 0 Å². The van der Waals surface area contributed by atoms with Crippen LogP contribution in [0, 0.1) is 0 Å². The molecule has 2 heteroatoms. The molecule has 0 radical (unpaired) electrons. The van der Waals surface area contributed by atoms with Gasteiger partial charge in [0.05, 0.1) is 0 Å². The lowest BCUT2D eigenvalue weighted by atomic mass is 10.0. The Morgan fingerprint density at radius 2 is 1.85 bits per heavy atom. The zero-order valence-corrected chi connectivity index (χ0v) is 15.0. The smallest absolute Gasteiger partial charge is 0.00792 e. The topological polar surface area (TPSA) is 15.3 Å². The molecule has 0 spiro atoms. The third-order valence-electron chi connectivity index (χ3n) is 3.50. The van der Waals surface area contributed by atoms with Gasteiger partial charge in [-0.25, -0.2) is 0 Å². The van der Waals surface area contributed by atoms with Gasteiger partial charge in [-0.15, -0.1) is 0 Å². The van der Waals surface area contributed by atoms with Crippen molar-refractivity contribution in [2.24, 2.45) is 0 Å². The van der Waals surface area contributed by atoms with Crippen molar-refractivity contribution in [2.45, 2.75) is 79.7 Å². The van der Waals surface area contributed by atoms with E-state index in [0.717, 1.165) is 6.04 Å². The molecule has 1 aliphatic heterocycles. The molecule has 1 rings (SSSR count). The van der Waals surface area contributed by atoms with Crippen molar-refractivity contribution in [1.82, 2.24) is 10.2 Å². The molecular weight excluding hydrogens is 244 g/mol. The molecule has 2 nitrogen and oxygen atoms in total. The maximum atomic E-state index is 3.63. The first-order valence-electron chi connectivity index (χ1n) is 8.93. The average molecular weight is 287 g/mol.